The summed E-state index contributed by atoms with van der Waals surface area (Å²) in [4.78, 5) is 12.8. The minimum Gasteiger partial charge on any atom is -0.481 e. The molecule has 2 aliphatic rings. The van der Waals surface area contributed by atoms with Crippen LogP contribution in [0.4, 0.5) is 0 Å². The minimum atomic E-state index is -0.642. The largest absolute Gasteiger partial charge is 0.481 e. The highest BCUT2D eigenvalue weighted by molar-refractivity contribution is 5.68. The molecule has 0 aliphatic carbocycles. The van der Waals surface area contributed by atoms with Crippen molar-refractivity contribution in [3.05, 3.63) is 0 Å². The minimum absolute atomic E-state index is 0.0891. The van der Waals surface area contributed by atoms with E-state index < -0.39 is 5.97 Å². The van der Waals surface area contributed by atoms with Gasteiger partial charge in [-0.3, -0.25) is 9.69 Å². The second-order valence-corrected chi connectivity index (χ2v) is 3.64. The summed E-state index contributed by atoms with van der Waals surface area (Å²) in [5.74, 6) is -0.642. The van der Waals surface area contributed by atoms with Gasteiger partial charge in [-0.05, 0) is 25.8 Å². The van der Waals surface area contributed by atoms with Gasteiger partial charge in [0.1, 0.15) is 0 Å². The van der Waals surface area contributed by atoms with Crippen LogP contribution in [-0.2, 0) is 4.79 Å². The van der Waals surface area contributed by atoms with Gasteiger partial charge < -0.3 is 5.11 Å². The summed E-state index contributed by atoms with van der Waals surface area (Å²) < 4.78 is 0. The van der Waals surface area contributed by atoms with Gasteiger partial charge in [0.15, 0.2) is 0 Å². The van der Waals surface area contributed by atoms with Gasteiger partial charge in [-0.2, -0.15) is 0 Å². The smallest absolute Gasteiger partial charge is 0.305 e. The van der Waals surface area contributed by atoms with E-state index >= 15 is 0 Å². The molecule has 2 saturated heterocycles. The highest BCUT2D eigenvalue weighted by Gasteiger charge is 2.48. The maximum absolute atomic E-state index is 10.5. The first-order valence-electron chi connectivity index (χ1n) is 4.20. The number of carboxylic acid groups (broad SMARTS) is 1. The molecule has 62 valence electrons. The number of carbonyl (C=O) groups is 1. The Balaban J connectivity index is 2.04. The third-order valence-electron chi connectivity index (χ3n) is 3.07. The summed E-state index contributed by atoms with van der Waals surface area (Å²) in [6.07, 6.45) is 3.74. The highest BCUT2D eigenvalue weighted by Crippen LogP contribution is 2.42. The van der Waals surface area contributed by atoms with Gasteiger partial charge in [-0.15, -0.1) is 0 Å². The molecular formula is C8H13NO2. The fraction of sp³-hybridized carbons (Fsp3) is 0.875. The fourth-order valence-electron chi connectivity index (χ4n) is 2.39. The van der Waals surface area contributed by atoms with Crippen LogP contribution in [0.25, 0.3) is 0 Å². The summed E-state index contributed by atoms with van der Waals surface area (Å²) in [6.45, 7) is 2.24. The van der Waals surface area contributed by atoms with E-state index in [0.29, 0.717) is 6.42 Å². The second-order valence-electron chi connectivity index (χ2n) is 3.64. The Bertz CT molecular complexity index is 193. The zero-order valence-electron chi connectivity index (χ0n) is 6.55. The molecule has 2 rings (SSSR count). The number of nitrogens with zero attached hydrogens (tertiary/aromatic N) is 1. The summed E-state index contributed by atoms with van der Waals surface area (Å²) in [5, 5.41) is 8.66. The van der Waals surface area contributed by atoms with Crippen molar-refractivity contribution in [1.29, 1.82) is 0 Å². The normalized spacial score (nSPS) is 36.4. The molecule has 0 bridgehead atoms. The predicted octanol–water partition coefficient (Wildman–Crippen LogP) is 0.699. The van der Waals surface area contributed by atoms with Crippen molar-refractivity contribution >= 4 is 5.97 Å². The molecule has 0 amide bonds. The maximum Gasteiger partial charge on any atom is 0.305 e. The molecule has 2 heterocycles. The van der Waals surface area contributed by atoms with E-state index in [4.69, 9.17) is 5.11 Å². The maximum atomic E-state index is 10.5. The van der Waals surface area contributed by atoms with Gasteiger partial charge in [0.05, 0.1) is 6.42 Å². The Morgan fingerprint density at radius 2 is 2.27 bits per heavy atom. The Hall–Kier alpha value is -0.570. The van der Waals surface area contributed by atoms with E-state index in [1.807, 2.05) is 0 Å². The van der Waals surface area contributed by atoms with Crippen molar-refractivity contribution in [2.45, 2.75) is 31.2 Å². The number of fused-ring (bicyclic) bond motifs is 1. The first kappa shape index (κ1) is 7.10. The lowest BCUT2D eigenvalue weighted by molar-refractivity contribution is -0.142. The van der Waals surface area contributed by atoms with Crippen LogP contribution in [0.15, 0.2) is 0 Å². The van der Waals surface area contributed by atoms with E-state index in [-0.39, 0.29) is 5.54 Å². The molecule has 2 fully saturated rings. The van der Waals surface area contributed by atoms with Gasteiger partial charge in [0.25, 0.3) is 0 Å². The molecule has 0 aromatic rings. The average Bonchev–Trinajstić information content (AvgIpc) is 2.13. The van der Waals surface area contributed by atoms with Gasteiger partial charge in [-0.25, -0.2) is 0 Å². The van der Waals surface area contributed by atoms with Crippen LogP contribution in [0.1, 0.15) is 25.7 Å². The predicted molar refractivity (Wildman–Crippen MR) is 40.4 cm³/mol. The molecule has 1 unspecified atom stereocenters. The lowest BCUT2D eigenvalue weighted by Gasteiger charge is -2.47. The molecule has 1 N–H and O–H groups in total. The van der Waals surface area contributed by atoms with Gasteiger partial charge in [0, 0.05) is 12.1 Å². The van der Waals surface area contributed by atoms with E-state index in [0.717, 1.165) is 25.9 Å². The number of aliphatic carboxylic acids is 1. The quantitative estimate of drug-likeness (QED) is 0.638. The van der Waals surface area contributed by atoms with Gasteiger partial charge >= 0.3 is 5.97 Å². The Morgan fingerprint density at radius 1 is 1.45 bits per heavy atom. The van der Waals surface area contributed by atoms with Crippen LogP contribution in [-0.4, -0.2) is 34.6 Å². The van der Waals surface area contributed by atoms with Crippen LogP contribution in [0.3, 0.4) is 0 Å². The number of hydrogen-bond acceptors (Lipinski definition) is 2. The summed E-state index contributed by atoms with van der Waals surface area (Å²) in [7, 11) is 0. The molecule has 3 heteroatoms. The second kappa shape index (κ2) is 2.21. The van der Waals surface area contributed by atoms with E-state index in [9.17, 15) is 4.79 Å². The van der Waals surface area contributed by atoms with E-state index in [1.54, 1.807) is 0 Å². The zero-order valence-corrected chi connectivity index (χ0v) is 6.55. The molecule has 3 nitrogen and oxygen atoms in total. The highest BCUT2D eigenvalue weighted by atomic mass is 16.4. The van der Waals surface area contributed by atoms with Crippen LogP contribution < -0.4 is 0 Å². The van der Waals surface area contributed by atoms with Crippen molar-refractivity contribution in [3.8, 4) is 0 Å². The van der Waals surface area contributed by atoms with Crippen LogP contribution in [0.2, 0.25) is 0 Å². The Morgan fingerprint density at radius 3 is 2.73 bits per heavy atom. The topological polar surface area (TPSA) is 40.5 Å². The van der Waals surface area contributed by atoms with Crippen molar-refractivity contribution in [2.75, 3.05) is 13.1 Å². The third-order valence-corrected chi connectivity index (χ3v) is 3.07. The molecule has 1 atom stereocenters. The van der Waals surface area contributed by atoms with Crippen LogP contribution >= 0.6 is 0 Å². The Kier molecular flexibility index (Phi) is 1.42. The lowest BCUT2D eigenvalue weighted by atomic mass is 9.82. The molecule has 0 radical (unpaired) electrons. The summed E-state index contributed by atoms with van der Waals surface area (Å²) >= 11 is 0. The lowest BCUT2D eigenvalue weighted by Crippen LogP contribution is -2.56. The third kappa shape index (κ3) is 0.948. The summed E-state index contributed by atoms with van der Waals surface area (Å²) in [6, 6.07) is 0. The van der Waals surface area contributed by atoms with Crippen molar-refractivity contribution < 1.29 is 9.90 Å². The van der Waals surface area contributed by atoms with Crippen molar-refractivity contribution in [1.82, 2.24) is 4.90 Å². The van der Waals surface area contributed by atoms with Gasteiger partial charge in [0.2, 0.25) is 0 Å². The molecule has 0 spiro atoms. The Labute approximate surface area is 66.0 Å². The average molecular weight is 155 g/mol. The van der Waals surface area contributed by atoms with Crippen molar-refractivity contribution in [2.24, 2.45) is 0 Å². The number of rotatable bonds is 2. The summed E-state index contributed by atoms with van der Waals surface area (Å²) in [5.41, 5.74) is 0.0891. The number of hydrogen-bond donors (Lipinski definition) is 1. The number of carboxylic acids is 1. The van der Waals surface area contributed by atoms with E-state index in [2.05, 4.69) is 4.90 Å². The molecule has 11 heavy (non-hydrogen) atoms. The zero-order chi connectivity index (χ0) is 7.90. The fourth-order valence-corrected chi connectivity index (χ4v) is 2.39. The molecule has 2 aliphatic heterocycles. The van der Waals surface area contributed by atoms with Gasteiger partial charge in [-0.1, -0.05) is 0 Å². The molecule has 0 saturated carbocycles. The van der Waals surface area contributed by atoms with Crippen LogP contribution in [0.5, 0.6) is 0 Å². The first-order valence-corrected chi connectivity index (χ1v) is 4.20. The standard InChI is InChI=1S/C8H13NO2/c10-7(11)6-8-2-1-4-9(8)5-3-8/h1-6H2,(H,10,11). The van der Waals surface area contributed by atoms with Crippen molar-refractivity contribution in [3.63, 3.8) is 0 Å². The van der Waals surface area contributed by atoms with Crippen LogP contribution in [0, 0.1) is 0 Å². The van der Waals surface area contributed by atoms with E-state index in [1.165, 1.54) is 6.42 Å². The molecule has 0 aromatic heterocycles. The monoisotopic (exact) mass is 155 g/mol. The first-order chi connectivity index (χ1) is 5.23. The molecule has 0 aromatic carbocycles. The SMILES string of the molecule is O=C(O)CC12CCCN1CC2. The molecular weight excluding hydrogens is 142 g/mol.